The maximum Gasteiger partial charge on any atom is 0.0543 e. The van der Waals surface area contributed by atoms with E-state index in [4.69, 9.17) is 0 Å². The highest BCUT2D eigenvalue weighted by atomic mass is 15.2. The van der Waals surface area contributed by atoms with Gasteiger partial charge in [-0.25, -0.2) is 0 Å². The predicted octanol–water partition coefficient (Wildman–Crippen LogP) is 13.9. The molecule has 0 radical (unpaired) electrons. The zero-order valence-corrected chi connectivity index (χ0v) is 30.1. The normalized spacial score (nSPS) is 14.8. The monoisotopic (exact) mass is 668 g/mol. The zero-order chi connectivity index (χ0) is 35.2. The van der Waals surface area contributed by atoms with Crippen LogP contribution in [-0.4, -0.2) is 0 Å². The Morgan fingerprint density at radius 3 is 1.65 bits per heavy atom. The molecule has 2 aliphatic rings. The SMILES string of the molecule is CC1(C)c2ccccc2N2c3ccc(-c4ccc5cc(N(c6ccccc6)c6ccc7ccccc7c6)ccc5c4)cc3C(C)(C)c3cccc1c32. The van der Waals surface area contributed by atoms with Crippen LogP contribution in [0.1, 0.15) is 49.9 Å². The molecule has 0 saturated heterocycles. The van der Waals surface area contributed by atoms with Crippen molar-refractivity contribution in [3.05, 3.63) is 192 Å². The summed E-state index contributed by atoms with van der Waals surface area (Å²) in [6.07, 6.45) is 0. The minimum atomic E-state index is -0.162. The number of hydrogen-bond acceptors (Lipinski definition) is 2. The third-order valence-electron chi connectivity index (χ3n) is 11.8. The summed E-state index contributed by atoms with van der Waals surface area (Å²) in [7, 11) is 0. The average Bonchev–Trinajstić information content (AvgIpc) is 3.18. The van der Waals surface area contributed by atoms with E-state index in [0.29, 0.717) is 0 Å². The van der Waals surface area contributed by atoms with E-state index in [-0.39, 0.29) is 10.8 Å². The molecular formula is C50H40N2. The van der Waals surface area contributed by atoms with Crippen LogP contribution in [0.25, 0.3) is 32.7 Å². The molecule has 2 nitrogen and oxygen atoms in total. The summed E-state index contributed by atoms with van der Waals surface area (Å²) in [5, 5.41) is 4.92. The Hall–Kier alpha value is -6.12. The molecule has 10 rings (SSSR count). The first kappa shape index (κ1) is 30.7. The van der Waals surface area contributed by atoms with Gasteiger partial charge in [0.25, 0.3) is 0 Å². The third kappa shape index (κ3) is 4.50. The molecule has 0 bridgehead atoms. The van der Waals surface area contributed by atoms with Gasteiger partial charge < -0.3 is 9.80 Å². The number of para-hydroxylation sites is 3. The van der Waals surface area contributed by atoms with E-state index in [9.17, 15) is 0 Å². The second kappa shape index (κ2) is 11.2. The summed E-state index contributed by atoms with van der Waals surface area (Å²) in [5.74, 6) is 0. The van der Waals surface area contributed by atoms with E-state index in [1.54, 1.807) is 0 Å². The van der Waals surface area contributed by atoms with Crippen LogP contribution in [0.4, 0.5) is 34.1 Å². The molecular weight excluding hydrogens is 629 g/mol. The molecule has 0 atom stereocenters. The molecule has 8 aromatic rings. The summed E-state index contributed by atoms with van der Waals surface area (Å²) in [5.41, 5.74) is 15.1. The number of fused-ring (bicyclic) bond motifs is 6. The van der Waals surface area contributed by atoms with Crippen molar-refractivity contribution in [3.8, 4) is 11.1 Å². The van der Waals surface area contributed by atoms with Crippen LogP contribution in [0.5, 0.6) is 0 Å². The average molecular weight is 669 g/mol. The van der Waals surface area contributed by atoms with E-state index in [0.717, 1.165) is 17.1 Å². The van der Waals surface area contributed by atoms with E-state index in [1.807, 2.05) is 0 Å². The summed E-state index contributed by atoms with van der Waals surface area (Å²) in [6.45, 7) is 9.53. The molecule has 0 amide bonds. The summed E-state index contributed by atoms with van der Waals surface area (Å²) in [6, 6.07) is 62.8. The molecule has 2 heteroatoms. The fourth-order valence-electron chi connectivity index (χ4n) is 8.95. The Kier molecular flexibility index (Phi) is 6.60. The van der Waals surface area contributed by atoms with Crippen molar-refractivity contribution < 1.29 is 0 Å². The number of rotatable bonds is 4. The third-order valence-corrected chi connectivity index (χ3v) is 11.8. The maximum atomic E-state index is 2.53. The van der Waals surface area contributed by atoms with Crippen LogP contribution >= 0.6 is 0 Å². The van der Waals surface area contributed by atoms with Gasteiger partial charge in [0.1, 0.15) is 0 Å². The molecule has 0 fully saturated rings. The minimum absolute atomic E-state index is 0.0788. The predicted molar refractivity (Wildman–Crippen MR) is 221 cm³/mol. The second-order valence-electron chi connectivity index (χ2n) is 15.5. The first-order chi connectivity index (χ1) is 25.3. The fraction of sp³-hybridized carbons (Fsp3) is 0.120. The fourth-order valence-corrected chi connectivity index (χ4v) is 8.95. The van der Waals surface area contributed by atoms with Crippen LogP contribution in [0.3, 0.4) is 0 Å². The Morgan fingerprint density at radius 2 is 0.885 bits per heavy atom. The first-order valence-electron chi connectivity index (χ1n) is 18.4. The van der Waals surface area contributed by atoms with Crippen molar-refractivity contribution in [3.63, 3.8) is 0 Å². The Bertz CT molecular complexity index is 2700. The second-order valence-corrected chi connectivity index (χ2v) is 15.5. The van der Waals surface area contributed by atoms with Crippen LogP contribution < -0.4 is 9.80 Å². The standard InChI is InChI=1S/C50H40N2/c1-49(2)42-17-10-11-20-46(42)52-47-28-25-38(32-45(47)50(3,4)44-19-12-18-43(49)48(44)52)35-21-22-37-31-41(27-24-36(37)29-35)51(39-15-6-5-7-16-39)40-26-23-33-13-8-9-14-34(33)30-40/h5-32H,1-4H3. The smallest absolute Gasteiger partial charge is 0.0543 e. The molecule has 2 heterocycles. The van der Waals surface area contributed by atoms with Crippen LogP contribution in [0.15, 0.2) is 170 Å². The Labute approximate surface area is 306 Å². The number of anilines is 6. The van der Waals surface area contributed by atoms with Gasteiger partial charge in [0, 0.05) is 27.9 Å². The topological polar surface area (TPSA) is 6.48 Å². The van der Waals surface area contributed by atoms with Crippen molar-refractivity contribution in [2.75, 3.05) is 9.80 Å². The van der Waals surface area contributed by atoms with Gasteiger partial charge in [-0.1, -0.05) is 137 Å². The Balaban J connectivity index is 1.07. The van der Waals surface area contributed by atoms with Crippen LogP contribution in [0.2, 0.25) is 0 Å². The van der Waals surface area contributed by atoms with Crippen molar-refractivity contribution in [1.29, 1.82) is 0 Å². The maximum absolute atomic E-state index is 2.53. The van der Waals surface area contributed by atoms with Gasteiger partial charge in [-0.2, -0.15) is 0 Å². The lowest BCUT2D eigenvalue weighted by molar-refractivity contribution is 0.597. The molecule has 250 valence electrons. The van der Waals surface area contributed by atoms with E-state index >= 15 is 0 Å². The quantitative estimate of drug-likeness (QED) is 0.184. The molecule has 0 aliphatic carbocycles. The van der Waals surface area contributed by atoms with Gasteiger partial charge in [-0.3, -0.25) is 0 Å². The lowest BCUT2D eigenvalue weighted by atomic mass is 9.66. The highest BCUT2D eigenvalue weighted by Gasteiger charge is 2.45. The lowest BCUT2D eigenvalue weighted by Gasteiger charge is -2.49. The van der Waals surface area contributed by atoms with Gasteiger partial charge in [-0.15, -0.1) is 0 Å². The molecule has 8 aromatic carbocycles. The van der Waals surface area contributed by atoms with Crippen molar-refractivity contribution in [1.82, 2.24) is 0 Å². The zero-order valence-electron chi connectivity index (χ0n) is 30.1. The van der Waals surface area contributed by atoms with E-state index in [2.05, 4.69) is 207 Å². The number of benzene rings is 8. The Morgan fingerprint density at radius 1 is 0.365 bits per heavy atom. The minimum Gasteiger partial charge on any atom is -0.310 e. The van der Waals surface area contributed by atoms with E-state index in [1.165, 1.54) is 72.0 Å². The summed E-state index contributed by atoms with van der Waals surface area (Å²) >= 11 is 0. The largest absolute Gasteiger partial charge is 0.310 e. The van der Waals surface area contributed by atoms with Gasteiger partial charge in [0.15, 0.2) is 0 Å². The number of nitrogens with zero attached hydrogens (tertiary/aromatic N) is 2. The van der Waals surface area contributed by atoms with Crippen molar-refractivity contribution in [2.45, 2.75) is 38.5 Å². The molecule has 0 unspecified atom stereocenters. The molecule has 2 aliphatic heterocycles. The van der Waals surface area contributed by atoms with Gasteiger partial charge in [0.05, 0.1) is 17.1 Å². The van der Waals surface area contributed by atoms with Gasteiger partial charge in [0.2, 0.25) is 0 Å². The van der Waals surface area contributed by atoms with Gasteiger partial charge in [-0.05, 0) is 116 Å². The summed E-state index contributed by atoms with van der Waals surface area (Å²) < 4.78 is 0. The van der Waals surface area contributed by atoms with Gasteiger partial charge >= 0.3 is 0 Å². The molecule has 0 N–H and O–H groups in total. The molecule has 0 saturated carbocycles. The van der Waals surface area contributed by atoms with Crippen LogP contribution in [0, 0.1) is 0 Å². The number of hydrogen-bond donors (Lipinski definition) is 0. The highest BCUT2D eigenvalue weighted by molar-refractivity contribution is 5.96. The molecule has 0 aromatic heterocycles. The lowest BCUT2D eigenvalue weighted by Crippen LogP contribution is -2.38. The van der Waals surface area contributed by atoms with Crippen molar-refractivity contribution in [2.24, 2.45) is 0 Å². The molecule has 52 heavy (non-hydrogen) atoms. The highest BCUT2D eigenvalue weighted by Crippen LogP contribution is 2.60. The van der Waals surface area contributed by atoms with Crippen molar-refractivity contribution >= 4 is 55.7 Å². The van der Waals surface area contributed by atoms with Crippen LogP contribution in [-0.2, 0) is 10.8 Å². The van der Waals surface area contributed by atoms with E-state index < -0.39 is 0 Å². The summed E-state index contributed by atoms with van der Waals surface area (Å²) in [4.78, 5) is 4.89. The molecule has 0 spiro atoms. The first-order valence-corrected chi connectivity index (χ1v) is 18.4.